The third-order valence-electron chi connectivity index (χ3n) is 4.86. The van der Waals surface area contributed by atoms with Gasteiger partial charge in [-0.05, 0) is 30.6 Å². The van der Waals surface area contributed by atoms with Gasteiger partial charge >= 0.3 is 0 Å². The molecule has 1 saturated heterocycles. The summed E-state index contributed by atoms with van der Waals surface area (Å²) >= 11 is 0. The molecular weight excluding hydrogens is 212 g/mol. The standard InChI is InChI=1S/C14H26N2O/c1-9-5-4-6-12(15)13(9)14(17)16-7-10(2)11(3)8-16/h9-13H,4-8,15H2,1-3H3. The first kappa shape index (κ1) is 12.9. The Kier molecular flexibility index (Phi) is 3.76. The van der Waals surface area contributed by atoms with E-state index in [2.05, 4.69) is 25.7 Å². The molecule has 1 saturated carbocycles. The van der Waals surface area contributed by atoms with Crippen LogP contribution in [0.1, 0.15) is 40.0 Å². The number of rotatable bonds is 1. The zero-order valence-electron chi connectivity index (χ0n) is 11.4. The van der Waals surface area contributed by atoms with Gasteiger partial charge in [-0.1, -0.05) is 27.2 Å². The minimum atomic E-state index is 0.0706. The lowest BCUT2D eigenvalue weighted by Gasteiger charge is -2.35. The predicted molar refractivity (Wildman–Crippen MR) is 69.4 cm³/mol. The van der Waals surface area contributed by atoms with Gasteiger partial charge in [-0.2, -0.15) is 0 Å². The van der Waals surface area contributed by atoms with E-state index >= 15 is 0 Å². The first-order chi connectivity index (χ1) is 8.00. The van der Waals surface area contributed by atoms with Gasteiger partial charge in [0.15, 0.2) is 0 Å². The zero-order valence-corrected chi connectivity index (χ0v) is 11.4. The molecule has 1 aliphatic heterocycles. The minimum absolute atomic E-state index is 0.0706. The summed E-state index contributed by atoms with van der Waals surface area (Å²) in [5.41, 5.74) is 6.16. The van der Waals surface area contributed by atoms with Crippen LogP contribution in [-0.4, -0.2) is 29.9 Å². The normalized spacial score (nSPS) is 42.8. The summed E-state index contributed by atoms with van der Waals surface area (Å²) < 4.78 is 0. The van der Waals surface area contributed by atoms with E-state index in [1.807, 2.05) is 0 Å². The van der Waals surface area contributed by atoms with Gasteiger partial charge < -0.3 is 10.6 Å². The van der Waals surface area contributed by atoms with Gasteiger partial charge in [-0.15, -0.1) is 0 Å². The second kappa shape index (κ2) is 4.97. The van der Waals surface area contributed by atoms with Gasteiger partial charge in [0.1, 0.15) is 0 Å². The maximum Gasteiger partial charge on any atom is 0.227 e. The quantitative estimate of drug-likeness (QED) is 0.758. The third kappa shape index (κ3) is 2.49. The second-order valence-corrected chi connectivity index (χ2v) is 6.30. The van der Waals surface area contributed by atoms with Crippen molar-refractivity contribution in [2.45, 2.75) is 46.1 Å². The minimum Gasteiger partial charge on any atom is -0.342 e. The first-order valence-electron chi connectivity index (χ1n) is 7.05. The van der Waals surface area contributed by atoms with E-state index in [4.69, 9.17) is 5.73 Å². The molecule has 0 spiro atoms. The summed E-state index contributed by atoms with van der Waals surface area (Å²) in [7, 11) is 0. The first-order valence-corrected chi connectivity index (χ1v) is 7.05. The predicted octanol–water partition coefficient (Wildman–Crippen LogP) is 1.86. The Bertz CT molecular complexity index is 272. The van der Waals surface area contributed by atoms with E-state index < -0.39 is 0 Å². The van der Waals surface area contributed by atoms with Gasteiger partial charge in [0.25, 0.3) is 0 Å². The molecule has 2 fully saturated rings. The van der Waals surface area contributed by atoms with Crippen molar-refractivity contribution < 1.29 is 4.79 Å². The molecule has 1 aliphatic carbocycles. The van der Waals surface area contributed by atoms with E-state index in [0.29, 0.717) is 23.7 Å². The van der Waals surface area contributed by atoms with Crippen molar-refractivity contribution in [3.05, 3.63) is 0 Å². The smallest absolute Gasteiger partial charge is 0.227 e. The molecule has 5 unspecified atom stereocenters. The number of likely N-dealkylation sites (tertiary alicyclic amines) is 1. The van der Waals surface area contributed by atoms with Crippen molar-refractivity contribution in [2.24, 2.45) is 29.4 Å². The topological polar surface area (TPSA) is 46.3 Å². The summed E-state index contributed by atoms with van der Waals surface area (Å²) in [5, 5.41) is 0. The number of carbonyl (C=O) groups excluding carboxylic acids is 1. The lowest BCUT2D eigenvalue weighted by molar-refractivity contribution is -0.138. The molecule has 2 aliphatic rings. The van der Waals surface area contributed by atoms with Crippen LogP contribution in [0.25, 0.3) is 0 Å². The number of nitrogens with zero attached hydrogens (tertiary/aromatic N) is 1. The third-order valence-corrected chi connectivity index (χ3v) is 4.86. The fourth-order valence-corrected chi connectivity index (χ4v) is 3.40. The molecule has 17 heavy (non-hydrogen) atoms. The molecule has 3 nitrogen and oxygen atoms in total. The summed E-state index contributed by atoms with van der Waals surface area (Å²) in [5.74, 6) is 2.11. The highest BCUT2D eigenvalue weighted by Gasteiger charge is 2.39. The Labute approximate surface area is 105 Å². The average Bonchev–Trinajstić information content (AvgIpc) is 2.59. The van der Waals surface area contributed by atoms with Gasteiger partial charge in [-0.25, -0.2) is 0 Å². The highest BCUT2D eigenvalue weighted by Crippen LogP contribution is 2.32. The molecule has 3 heteroatoms. The van der Waals surface area contributed by atoms with Crippen LogP contribution >= 0.6 is 0 Å². The maximum absolute atomic E-state index is 12.6. The SMILES string of the molecule is CC1CN(C(=O)C2C(C)CCCC2N)CC1C. The molecule has 98 valence electrons. The molecule has 2 rings (SSSR count). The lowest BCUT2D eigenvalue weighted by atomic mass is 9.76. The van der Waals surface area contributed by atoms with Crippen LogP contribution in [0.2, 0.25) is 0 Å². The molecular formula is C14H26N2O. The summed E-state index contributed by atoms with van der Waals surface area (Å²) in [6.07, 6.45) is 3.35. The van der Waals surface area contributed by atoms with Crippen molar-refractivity contribution in [1.29, 1.82) is 0 Å². The van der Waals surface area contributed by atoms with Crippen molar-refractivity contribution in [3.8, 4) is 0 Å². The molecule has 0 bridgehead atoms. The van der Waals surface area contributed by atoms with Gasteiger partial charge in [0.05, 0.1) is 5.92 Å². The Hall–Kier alpha value is -0.570. The number of hydrogen-bond donors (Lipinski definition) is 1. The molecule has 0 aromatic rings. The number of nitrogens with two attached hydrogens (primary N) is 1. The Morgan fingerprint density at radius 1 is 1.06 bits per heavy atom. The number of amides is 1. The van der Waals surface area contributed by atoms with Crippen molar-refractivity contribution in [1.82, 2.24) is 4.90 Å². The van der Waals surface area contributed by atoms with Crippen LogP contribution in [-0.2, 0) is 4.79 Å². The monoisotopic (exact) mass is 238 g/mol. The summed E-state index contributed by atoms with van der Waals surface area (Å²) in [6, 6.07) is 0.0810. The molecule has 1 heterocycles. The Morgan fingerprint density at radius 3 is 2.18 bits per heavy atom. The fourth-order valence-electron chi connectivity index (χ4n) is 3.40. The second-order valence-electron chi connectivity index (χ2n) is 6.30. The van der Waals surface area contributed by atoms with Crippen molar-refractivity contribution in [3.63, 3.8) is 0 Å². The van der Waals surface area contributed by atoms with Crippen LogP contribution in [0.5, 0.6) is 0 Å². The Balaban J connectivity index is 2.03. The van der Waals surface area contributed by atoms with Gasteiger partial charge in [0, 0.05) is 19.1 Å². The lowest BCUT2D eigenvalue weighted by Crippen LogP contribution is -2.48. The van der Waals surface area contributed by atoms with Gasteiger partial charge in [0.2, 0.25) is 5.91 Å². The molecule has 0 radical (unpaired) electrons. The van der Waals surface area contributed by atoms with Crippen molar-refractivity contribution in [2.75, 3.05) is 13.1 Å². The fraction of sp³-hybridized carbons (Fsp3) is 0.929. The largest absolute Gasteiger partial charge is 0.342 e. The highest BCUT2D eigenvalue weighted by atomic mass is 16.2. The maximum atomic E-state index is 12.6. The average molecular weight is 238 g/mol. The van der Waals surface area contributed by atoms with E-state index in [0.717, 1.165) is 25.9 Å². The van der Waals surface area contributed by atoms with E-state index in [1.165, 1.54) is 6.42 Å². The van der Waals surface area contributed by atoms with E-state index in [-0.39, 0.29) is 12.0 Å². The zero-order chi connectivity index (χ0) is 12.6. The molecule has 1 amide bonds. The van der Waals surface area contributed by atoms with E-state index in [1.54, 1.807) is 0 Å². The van der Waals surface area contributed by atoms with Gasteiger partial charge in [-0.3, -0.25) is 4.79 Å². The highest BCUT2D eigenvalue weighted by molar-refractivity contribution is 5.80. The molecule has 0 aromatic carbocycles. The van der Waals surface area contributed by atoms with Crippen LogP contribution < -0.4 is 5.73 Å². The van der Waals surface area contributed by atoms with Crippen LogP contribution in [0, 0.1) is 23.7 Å². The molecule has 5 atom stereocenters. The van der Waals surface area contributed by atoms with Crippen LogP contribution in [0.15, 0.2) is 0 Å². The molecule has 2 N–H and O–H groups in total. The van der Waals surface area contributed by atoms with Crippen molar-refractivity contribution >= 4 is 5.91 Å². The summed E-state index contributed by atoms with van der Waals surface area (Å²) in [6.45, 7) is 8.51. The van der Waals surface area contributed by atoms with Crippen LogP contribution in [0.4, 0.5) is 0 Å². The Morgan fingerprint density at radius 2 is 1.65 bits per heavy atom. The number of hydrogen-bond acceptors (Lipinski definition) is 2. The van der Waals surface area contributed by atoms with Crippen LogP contribution in [0.3, 0.4) is 0 Å². The summed E-state index contributed by atoms with van der Waals surface area (Å²) in [4.78, 5) is 14.6. The number of carbonyl (C=O) groups is 1. The molecule has 0 aromatic heterocycles. The van der Waals surface area contributed by atoms with E-state index in [9.17, 15) is 4.79 Å².